The van der Waals surface area contributed by atoms with Crippen molar-refractivity contribution in [2.75, 3.05) is 6.61 Å². The number of carbonyl (C=O) groups excluding carboxylic acids is 3. The first-order valence-corrected chi connectivity index (χ1v) is 11.8. The van der Waals surface area contributed by atoms with Crippen molar-refractivity contribution in [3.05, 3.63) is 0 Å². The second-order valence-corrected chi connectivity index (χ2v) is 8.95. The number of amides is 1. The number of primary amides is 1. The molecule has 6 nitrogen and oxygen atoms in total. The van der Waals surface area contributed by atoms with E-state index < -0.39 is 17.8 Å². The van der Waals surface area contributed by atoms with Gasteiger partial charge in [0.05, 0.1) is 6.61 Å². The van der Waals surface area contributed by atoms with Gasteiger partial charge in [-0.3, -0.25) is 14.4 Å². The van der Waals surface area contributed by atoms with Crippen molar-refractivity contribution >= 4 is 17.8 Å². The number of rotatable bonds is 18. The van der Waals surface area contributed by atoms with Crippen LogP contribution in [0.4, 0.5) is 0 Å². The summed E-state index contributed by atoms with van der Waals surface area (Å²) in [4.78, 5) is 34.6. The van der Waals surface area contributed by atoms with E-state index in [0.29, 0.717) is 6.42 Å². The van der Waals surface area contributed by atoms with Crippen LogP contribution >= 0.6 is 0 Å². The highest BCUT2D eigenvalue weighted by Crippen LogP contribution is 2.33. The fourth-order valence-corrected chi connectivity index (χ4v) is 3.78. The van der Waals surface area contributed by atoms with Crippen molar-refractivity contribution in [1.82, 2.24) is 0 Å². The Kier molecular flexibility index (Phi) is 15.3. The molecule has 0 saturated heterocycles. The second kappa shape index (κ2) is 16.1. The summed E-state index contributed by atoms with van der Waals surface area (Å²) in [6.45, 7) is 10.1. The molecule has 0 aromatic rings. The second-order valence-electron chi connectivity index (χ2n) is 8.95. The number of nitrogens with two attached hydrogens (primary N) is 1. The van der Waals surface area contributed by atoms with E-state index in [2.05, 4.69) is 20.8 Å². The largest absolute Gasteiger partial charge is 0.465 e. The Labute approximate surface area is 183 Å². The van der Waals surface area contributed by atoms with E-state index in [1.807, 2.05) is 0 Å². The molecule has 2 atom stereocenters. The predicted octanol–water partition coefficient (Wildman–Crippen LogP) is 5.31. The van der Waals surface area contributed by atoms with Gasteiger partial charge in [-0.05, 0) is 32.6 Å². The Morgan fingerprint density at radius 2 is 1.40 bits per heavy atom. The third-order valence-electron chi connectivity index (χ3n) is 5.73. The monoisotopic (exact) mass is 427 g/mol. The molecular weight excluding hydrogens is 382 g/mol. The zero-order valence-corrected chi connectivity index (χ0v) is 20.0. The molecule has 0 fully saturated rings. The van der Waals surface area contributed by atoms with E-state index in [1.54, 1.807) is 6.92 Å². The van der Waals surface area contributed by atoms with Crippen LogP contribution in [0.2, 0.25) is 0 Å². The Morgan fingerprint density at radius 1 is 0.867 bits per heavy atom. The molecule has 0 aromatic carbocycles. The highest BCUT2D eigenvalue weighted by molar-refractivity contribution is 5.96. The van der Waals surface area contributed by atoms with Gasteiger partial charge >= 0.3 is 11.9 Å². The summed E-state index contributed by atoms with van der Waals surface area (Å²) in [6, 6.07) is 0. The lowest BCUT2D eigenvalue weighted by atomic mass is 9.79. The van der Waals surface area contributed by atoms with Crippen molar-refractivity contribution in [3.63, 3.8) is 0 Å². The minimum Gasteiger partial charge on any atom is -0.465 e. The van der Waals surface area contributed by atoms with E-state index >= 15 is 0 Å². The number of hydrogen-bond donors (Lipinski definition) is 1. The van der Waals surface area contributed by atoms with Gasteiger partial charge in [0.25, 0.3) is 0 Å². The summed E-state index contributed by atoms with van der Waals surface area (Å²) in [5.41, 5.74) is 5.32. The third-order valence-corrected chi connectivity index (χ3v) is 5.73. The average Bonchev–Trinajstić information content (AvgIpc) is 2.66. The van der Waals surface area contributed by atoms with Crippen LogP contribution in [0.15, 0.2) is 0 Å². The SMILES string of the molecule is CCCCC(C)(C)C(CCCCCCCCCC(C(N)=O)C(=O)OCC)OC(C)=O. The number of hydrogen-bond acceptors (Lipinski definition) is 5. The van der Waals surface area contributed by atoms with Crippen LogP contribution in [0, 0.1) is 11.3 Å². The lowest BCUT2D eigenvalue weighted by Gasteiger charge is -2.34. The fourth-order valence-electron chi connectivity index (χ4n) is 3.78. The van der Waals surface area contributed by atoms with E-state index in [9.17, 15) is 14.4 Å². The molecule has 0 aliphatic rings. The van der Waals surface area contributed by atoms with Crippen molar-refractivity contribution < 1.29 is 23.9 Å². The zero-order valence-electron chi connectivity index (χ0n) is 20.0. The normalized spacial score (nSPS) is 13.5. The number of carbonyl (C=O) groups is 3. The van der Waals surface area contributed by atoms with Gasteiger partial charge in [0.2, 0.25) is 5.91 Å². The molecule has 0 aromatic heterocycles. The Balaban J connectivity index is 4.06. The number of ether oxygens (including phenoxy) is 2. The molecule has 0 heterocycles. The molecule has 176 valence electrons. The van der Waals surface area contributed by atoms with Crippen LogP contribution in [0.25, 0.3) is 0 Å². The maximum absolute atomic E-state index is 11.7. The van der Waals surface area contributed by atoms with E-state index in [4.69, 9.17) is 15.2 Å². The van der Waals surface area contributed by atoms with Crippen molar-refractivity contribution in [3.8, 4) is 0 Å². The number of esters is 2. The third kappa shape index (κ3) is 12.9. The number of unbranched alkanes of at least 4 members (excludes halogenated alkanes) is 7. The zero-order chi connectivity index (χ0) is 23.0. The highest BCUT2D eigenvalue weighted by Gasteiger charge is 2.31. The standard InChI is InChI=1S/C24H45NO5/c1-6-8-18-24(4,5)21(30-19(3)26)17-15-13-11-9-10-12-14-16-20(22(25)27)23(28)29-7-2/h20-21H,6-18H2,1-5H3,(H2,25,27). The first-order chi connectivity index (χ1) is 14.2. The lowest BCUT2D eigenvalue weighted by Crippen LogP contribution is -2.33. The first kappa shape index (κ1) is 28.4. The molecule has 0 saturated carbocycles. The minimum atomic E-state index is -0.820. The van der Waals surface area contributed by atoms with Crippen molar-refractivity contribution in [2.45, 2.75) is 118 Å². The van der Waals surface area contributed by atoms with Crippen LogP contribution in [0.1, 0.15) is 112 Å². The van der Waals surface area contributed by atoms with E-state index in [1.165, 1.54) is 6.92 Å². The van der Waals surface area contributed by atoms with Gasteiger partial charge in [-0.15, -0.1) is 0 Å². The van der Waals surface area contributed by atoms with Gasteiger partial charge in [-0.25, -0.2) is 0 Å². The molecule has 0 rings (SSSR count). The van der Waals surface area contributed by atoms with Crippen LogP contribution in [-0.2, 0) is 23.9 Å². The van der Waals surface area contributed by atoms with Crippen molar-refractivity contribution in [2.24, 2.45) is 17.1 Å². The van der Waals surface area contributed by atoms with Gasteiger partial charge < -0.3 is 15.2 Å². The maximum Gasteiger partial charge on any atom is 0.318 e. The molecule has 0 spiro atoms. The Hall–Kier alpha value is -1.59. The van der Waals surface area contributed by atoms with Crippen LogP contribution in [0.3, 0.4) is 0 Å². The molecule has 0 aliphatic carbocycles. The van der Waals surface area contributed by atoms with E-state index in [0.717, 1.165) is 70.6 Å². The summed E-state index contributed by atoms with van der Waals surface area (Å²) in [5.74, 6) is -2.12. The average molecular weight is 428 g/mol. The molecule has 0 aliphatic heterocycles. The van der Waals surface area contributed by atoms with Gasteiger partial charge in [-0.1, -0.05) is 72.1 Å². The molecule has 2 unspecified atom stereocenters. The molecule has 0 bridgehead atoms. The molecule has 6 heteroatoms. The molecule has 30 heavy (non-hydrogen) atoms. The Morgan fingerprint density at radius 3 is 1.87 bits per heavy atom. The van der Waals surface area contributed by atoms with Crippen LogP contribution in [0.5, 0.6) is 0 Å². The van der Waals surface area contributed by atoms with E-state index in [-0.39, 0.29) is 24.1 Å². The molecule has 2 N–H and O–H groups in total. The summed E-state index contributed by atoms with van der Waals surface area (Å²) >= 11 is 0. The van der Waals surface area contributed by atoms with Crippen LogP contribution in [-0.4, -0.2) is 30.6 Å². The summed E-state index contributed by atoms with van der Waals surface area (Å²) in [6.07, 6.45) is 12.0. The van der Waals surface area contributed by atoms with Gasteiger partial charge in [0.15, 0.2) is 0 Å². The smallest absolute Gasteiger partial charge is 0.318 e. The molecule has 0 radical (unpaired) electrons. The first-order valence-electron chi connectivity index (χ1n) is 11.8. The molecular formula is C24H45NO5. The lowest BCUT2D eigenvalue weighted by molar-refractivity contribution is -0.154. The summed E-state index contributed by atoms with van der Waals surface area (Å²) < 4.78 is 10.5. The quantitative estimate of drug-likeness (QED) is 0.182. The predicted molar refractivity (Wildman–Crippen MR) is 120 cm³/mol. The van der Waals surface area contributed by atoms with Crippen molar-refractivity contribution in [1.29, 1.82) is 0 Å². The Bertz CT molecular complexity index is 504. The van der Waals surface area contributed by atoms with Gasteiger partial charge in [0.1, 0.15) is 12.0 Å². The maximum atomic E-state index is 11.7. The minimum absolute atomic E-state index is 0.0115. The summed E-state index contributed by atoms with van der Waals surface area (Å²) in [7, 11) is 0. The highest BCUT2D eigenvalue weighted by atomic mass is 16.5. The topological polar surface area (TPSA) is 95.7 Å². The van der Waals surface area contributed by atoms with Gasteiger partial charge in [-0.2, -0.15) is 0 Å². The fraction of sp³-hybridized carbons (Fsp3) is 0.875. The van der Waals surface area contributed by atoms with Gasteiger partial charge in [0, 0.05) is 12.3 Å². The summed E-state index contributed by atoms with van der Waals surface area (Å²) in [5, 5.41) is 0. The van der Waals surface area contributed by atoms with Crippen LogP contribution < -0.4 is 5.73 Å². The molecule has 1 amide bonds.